The summed E-state index contributed by atoms with van der Waals surface area (Å²) in [5.74, 6) is -3.48. The number of alkyl halides is 1. The normalized spacial score (nSPS) is 25.6. The minimum atomic E-state index is -1.28. The van der Waals surface area contributed by atoms with Gasteiger partial charge >= 0.3 is 5.97 Å². The summed E-state index contributed by atoms with van der Waals surface area (Å²) in [6.07, 6.45) is 4.48. The van der Waals surface area contributed by atoms with Gasteiger partial charge in [0.15, 0.2) is 0 Å². The number of nitrogens with zero attached hydrogens (tertiary/aromatic N) is 2. The van der Waals surface area contributed by atoms with Crippen LogP contribution in [0.25, 0.3) is 0 Å². The lowest BCUT2D eigenvalue weighted by atomic mass is 9.70. The Morgan fingerprint density at radius 1 is 1.10 bits per heavy atom. The molecule has 3 heterocycles. The Morgan fingerprint density at radius 3 is 2.46 bits per heavy atom. The summed E-state index contributed by atoms with van der Waals surface area (Å²) in [5.41, 5.74) is 0.293. The lowest BCUT2D eigenvalue weighted by Crippen LogP contribution is -2.56. The lowest BCUT2D eigenvalue weighted by molar-refractivity contribution is -0.163. The van der Waals surface area contributed by atoms with Crippen molar-refractivity contribution < 1.29 is 38.5 Å². The van der Waals surface area contributed by atoms with E-state index in [1.165, 1.54) is 7.11 Å². The number of amides is 3. The van der Waals surface area contributed by atoms with E-state index in [1.54, 1.807) is 22.0 Å². The van der Waals surface area contributed by atoms with Crippen molar-refractivity contribution in [1.29, 1.82) is 0 Å². The molecule has 3 amide bonds. The number of nitrogens with one attached hydrogen (secondary N) is 1. The van der Waals surface area contributed by atoms with Crippen molar-refractivity contribution in [2.75, 3.05) is 33.4 Å². The van der Waals surface area contributed by atoms with Gasteiger partial charge in [-0.2, -0.15) is 0 Å². The van der Waals surface area contributed by atoms with Crippen molar-refractivity contribution in [2.45, 2.75) is 79.8 Å². The summed E-state index contributed by atoms with van der Waals surface area (Å²) in [6.45, 7) is 8.49. The number of aliphatic hydroxyl groups is 1. The highest BCUT2D eigenvalue weighted by Gasteiger charge is 2.77. The van der Waals surface area contributed by atoms with Crippen LogP contribution in [0.2, 0.25) is 0 Å². The molecule has 0 aliphatic carbocycles. The van der Waals surface area contributed by atoms with Crippen LogP contribution >= 0.6 is 15.9 Å². The highest BCUT2D eigenvalue weighted by atomic mass is 79.9. The van der Waals surface area contributed by atoms with Crippen LogP contribution in [0.4, 0.5) is 0 Å². The molecule has 0 radical (unpaired) electrons. The number of unbranched alkanes of at least 4 members (excludes halogenated alkanes) is 2. The quantitative estimate of drug-likeness (QED) is 0.0870. The van der Waals surface area contributed by atoms with Crippen molar-refractivity contribution in [1.82, 2.24) is 15.1 Å². The lowest BCUT2D eigenvalue weighted by Gasteiger charge is -2.37. The first-order chi connectivity index (χ1) is 25.2. The van der Waals surface area contributed by atoms with E-state index < -0.39 is 47.7 Å². The molecular weight excluding hydrogens is 730 g/mol. The molecule has 2 N–H and O–H groups in total. The van der Waals surface area contributed by atoms with Gasteiger partial charge in [0, 0.05) is 44.6 Å². The van der Waals surface area contributed by atoms with Crippen molar-refractivity contribution in [2.24, 2.45) is 11.8 Å². The highest BCUT2D eigenvalue weighted by molar-refractivity contribution is 9.09. The number of halogens is 1. The van der Waals surface area contributed by atoms with E-state index in [0.29, 0.717) is 44.2 Å². The van der Waals surface area contributed by atoms with Crippen molar-refractivity contribution in [3.8, 4) is 0 Å². The number of carbonyl (C=O) groups is 4. The number of hydrogen-bond donors (Lipinski definition) is 2. The van der Waals surface area contributed by atoms with Gasteiger partial charge in [-0.25, -0.2) is 0 Å². The van der Waals surface area contributed by atoms with Gasteiger partial charge in [0.1, 0.15) is 17.7 Å². The molecule has 0 aromatic heterocycles. The highest BCUT2D eigenvalue weighted by Crippen LogP contribution is 2.60. The molecule has 52 heavy (non-hydrogen) atoms. The summed E-state index contributed by atoms with van der Waals surface area (Å²) >= 11 is 3.75. The van der Waals surface area contributed by atoms with E-state index in [1.807, 2.05) is 60.7 Å². The summed E-state index contributed by atoms with van der Waals surface area (Å²) < 4.78 is 18.6. The summed E-state index contributed by atoms with van der Waals surface area (Å²) in [7, 11) is 1.51. The summed E-state index contributed by atoms with van der Waals surface area (Å²) in [5, 5.41) is 12.4. The zero-order chi connectivity index (χ0) is 37.3. The standard InChI is InChI=1S/C40H50BrN3O8/c1-4-6-20-31(46)42-30(26-50-3)34(28-18-12-8-13-19-28)51-39(49)32-33-37(47)44(22-14-9-15-23-45)36(40(33)24-29(41)35(32)52-40)38(48)43(21-5-2)25-27-16-10-7-11-17-27/h4-5,7-8,10-13,16-19,29-30,32-36,45H,1-2,6,9,14-15,20-26H2,3H3,(H,42,46)/t29?,30-,32-,33+,34-,35-,36-,40+/m1/s1. The Hall–Kier alpha value is -3.84. The topological polar surface area (TPSA) is 135 Å². The first kappa shape index (κ1) is 39.4. The third-order valence-corrected chi connectivity index (χ3v) is 11.1. The second-order valence-corrected chi connectivity index (χ2v) is 14.9. The van der Waals surface area contributed by atoms with E-state index in [4.69, 9.17) is 14.2 Å². The molecule has 1 unspecified atom stereocenters. The molecule has 3 aliphatic rings. The number of likely N-dealkylation sites (tertiary alicyclic amines) is 1. The zero-order valence-electron chi connectivity index (χ0n) is 29.7. The Morgan fingerprint density at radius 2 is 1.81 bits per heavy atom. The second kappa shape index (κ2) is 18.3. The van der Waals surface area contributed by atoms with Gasteiger partial charge in [-0.1, -0.05) is 88.7 Å². The number of aliphatic hydroxyl groups excluding tert-OH is 1. The van der Waals surface area contributed by atoms with E-state index in [9.17, 15) is 24.3 Å². The van der Waals surface area contributed by atoms with E-state index in [2.05, 4.69) is 34.4 Å². The fourth-order valence-electron chi connectivity index (χ4n) is 7.98. The van der Waals surface area contributed by atoms with Crippen molar-refractivity contribution in [3.63, 3.8) is 0 Å². The number of benzene rings is 2. The molecule has 3 saturated heterocycles. The maximum Gasteiger partial charge on any atom is 0.313 e. The second-order valence-electron chi connectivity index (χ2n) is 13.7. The molecule has 0 saturated carbocycles. The van der Waals surface area contributed by atoms with Gasteiger partial charge in [-0.05, 0) is 43.2 Å². The van der Waals surface area contributed by atoms with Crippen LogP contribution in [-0.4, -0.2) is 101 Å². The fraction of sp³-hybridized carbons (Fsp3) is 0.500. The predicted octanol–water partition coefficient (Wildman–Crippen LogP) is 4.49. The first-order valence-corrected chi connectivity index (χ1v) is 18.9. The van der Waals surface area contributed by atoms with E-state index >= 15 is 0 Å². The summed E-state index contributed by atoms with van der Waals surface area (Å²) in [6, 6.07) is 17.0. The van der Waals surface area contributed by atoms with Gasteiger partial charge in [-0.15, -0.1) is 13.2 Å². The third-order valence-electron chi connectivity index (χ3n) is 10.2. The SMILES string of the molecule is C=CCCC(=O)N[C@H](COC)[C@H](OC(=O)[C@H]1[C@@H]2O[C@@]3(CC2Br)[C@@H]1C(=O)N(CCCCCO)[C@@H]3C(=O)N(CC=C)Cc1ccccc1)c1ccccc1. The van der Waals surface area contributed by atoms with Crippen LogP contribution in [0.15, 0.2) is 86.0 Å². The van der Waals surface area contributed by atoms with Crippen LogP contribution in [0.3, 0.4) is 0 Å². The number of methoxy groups -OCH3 is 1. The Bertz CT molecular complexity index is 1560. The fourth-order valence-corrected chi connectivity index (χ4v) is 8.92. The molecule has 2 bridgehead atoms. The van der Waals surface area contributed by atoms with Crippen LogP contribution < -0.4 is 5.32 Å². The average molecular weight is 781 g/mol. The van der Waals surface area contributed by atoms with E-state index in [0.717, 1.165) is 5.56 Å². The Kier molecular flexibility index (Phi) is 13.8. The molecular formula is C40H50BrN3O8. The summed E-state index contributed by atoms with van der Waals surface area (Å²) in [4.78, 5) is 59.8. The van der Waals surface area contributed by atoms with Gasteiger partial charge in [0.25, 0.3) is 0 Å². The smallest absolute Gasteiger partial charge is 0.313 e. The number of esters is 1. The molecule has 3 aliphatic heterocycles. The maximum atomic E-state index is 14.8. The van der Waals surface area contributed by atoms with Gasteiger partial charge < -0.3 is 34.4 Å². The number of fused-ring (bicyclic) bond motifs is 1. The molecule has 280 valence electrons. The molecule has 11 nitrogen and oxygen atoms in total. The molecule has 5 rings (SSSR count). The monoisotopic (exact) mass is 779 g/mol. The van der Waals surface area contributed by atoms with Crippen LogP contribution in [0.5, 0.6) is 0 Å². The average Bonchev–Trinajstić information content (AvgIpc) is 3.74. The van der Waals surface area contributed by atoms with Crippen LogP contribution in [0, 0.1) is 11.8 Å². The third kappa shape index (κ3) is 8.35. The zero-order valence-corrected chi connectivity index (χ0v) is 31.3. The molecule has 1 spiro atoms. The van der Waals surface area contributed by atoms with Crippen LogP contribution in [-0.2, 0) is 39.9 Å². The van der Waals surface area contributed by atoms with Crippen molar-refractivity contribution >= 4 is 39.6 Å². The molecule has 2 aromatic rings. The number of allylic oxidation sites excluding steroid dienone is 1. The minimum Gasteiger partial charge on any atom is -0.455 e. The first-order valence-electron chi connectivity index (χ1n) is 18.0. The largest absolute Gasteiger partial charge is 0.455 e. The number of ether oxygens (including phenoxy) is 3. The Balaban J connectivity index is 1.49. The number of hydrogen-bond acceptors (Lipinski definition) is 8. The molecule has 2 aromatic carbocycles. The van der Waals surface area contributed by atoms with Gasteiger partial charge in [-0.3, -0.25) is 19.2 Å². The Labute approximate surface area is 314 Å². The number of rotatable bonds is 20. The predicted molar refractivity (Wildman–Crippen MR) is 199 cm³/mol. The maximum absolute atomic E-state index is 14.8. The van der Waals surface area contributed by atoms with Crippen molar-refractivity contribution in [3.05, 3.63) is 97.1 Å². The van der Waals surface area contributed by atoms with Gasteiger partial charge in [0.2, 0.25) is 17.7 Å². The van der Waals surface area contributed by atoms with Gasteiger partial charge in [0.05, 0.1) is 30.6 Å². The molecule has 12 heteroatoms. The van der Waals surface area contributed by atoms with E-state index in [-0.39, 0.29) is 55.3 Å². The van der Waals surface area contributed by atoms with Crippen LogP contribution in [0.1, 0.15) is 55.8 Å². The minimum absolute atomic E-state index is 0.0262. The number of carbonyl (C=O) groups excluding carboxylic acids is 4. The molecule has 3 fully saturated rings. The molecule has 8 atom stereocenters.